The van der Waals surface area contributed by atoms with E-state index in [1.807, 2.05) is 75.5 Å². The number of quaternary nitrogens is 1. The molecule has 0 fully saturated rings. The van der Waals surface area contributed by atoms with Gasteiger partial charge in [0, 0.05) is 11.1 Å². The van der Waals surface area contributed by atoms with Crippen molar-refractivity contribution in [2.75, 3.05) is 7.11 Å². The highest BCUT2D eigenvalue weighted by molar-refractivity contribution is 7.54. The van der Waals surface area contributed by atoms with E-state index in [1.54, 1.807) is 7.11 Å². The van der Waals surface area contributed by atoms with Gasteiger partial charge in [-0.15, -0.1) is 0 Å². The molecular formula is C21H31NO4P+. The van der Waals surface area contributed by atoms with Gasteiger partial charge in [-0.25, -0.2) is 0 Å². The van der Waals surface area contributed by atoms with Crippen molar-refractivity contribution >= 4 is 7.60 Å². The molecule has 0 aliphatic rings. The molecule has 27 heavy (non-hydrogen) atoms. The first kappa shape index (κ1) is 21.6. The minimum Gasteiger partial charge on any atom is -0.497 e. The lowest BCUT2D eigenvalue weighted by Gasteiger charge is -2.28. The second-order valence-electron chi connectivity index (χ2n) is 6.99. The maximum Gasteiger partial charge on any atom is 0.392 e. The van der Waals surface area contributed by atoms with Gasteiger partial charge in [0.25, 0.3) is 0 Å². The average Bonchev–Trinajstić information content (AvgIpc) is 2.61. The Morgan fingerprint density at radius 1 is 0.889 bits per heavy atom. The predicted molar refractivity (Wildman–Crippen MR) is 108 cm³/mol. The Hall–Kier alpha value is -1.65. The molecule has 2 N–H and O–H groups in total. The third-order valence-corrected chi connectivity index (χ3v) is 6.55. The highest BCUT2D eigenvalue weighted by Gasteiger charge is 2.42. The van der Waals surface area contributed by atoms with Crippen molar-refractivity contribution in [2.45, 2.75) is 52.2 Å². The van der Waals surface area contributed by atoms with Gasteiger partial charge in [-0.3, -0.25) is 4.57 Å². The van der Waals surface area contributed by atoms with Crippen LogP contribution in [0.4, 0.5) is 0 Å². The molecule has 2 aromatic carbocycles. The van der Waals surface area contributed by atoms with Crippen LogP contribution in [0.1, 0.15) is 44.6 Å². The Morgan fingerprint density at radius 3 is 1.93 bits per heavy atom. The van der Waals surface area contributed by atoms with E-state index in [0.717, 1.165) is 16.9 Å². The van der Waals surface area contributed by atoms with Gasteiger partial charge in [0.05, 0.1) is 19.3 Å². The van der Waals surface area contributed by atoms with Crippen LogP contribution in [0.5, 0.6) is 5.75 Å². The van der Waals surface area contributed by atoms with Crippen LogP contribution in [0.15, 0.2) is 54.6 Å². The SMILES string of the molecule is COc1ccc([C@H]([NH2+]Cc2ccccc2)P(=O)(OC(C)C)OC(C)C)cc1. The molecular weight excluding hydrogens is 361 g/mol. The van der Waals surface area contributed by atoms with Crippen molar-refractivity contribution in [1.29, 1.82) is 0 Å². The van der Waals surface area contributed by atoms with Crippen molar-refractivity contribution in [2.24, 2.45) is 0 Å². The molecule has 5 nitrogen and oxygen atoms in total. The van der Waals surface area contributed by atoms with Crippen LogP contribution in [0.2, 0.25) is 0 Å². The van der Waals surface area contributed by atoms with E-state index in [1.165, 1.54) is 0 Å². The Labute approximate surface area is 162 Å². The van der Waals surface area contributed by atoms with E-state index >= 15 is 0 Å². The molecule has 0 heterocycles. The van der Waals surface area contributed by atoms with Crippen molar-refractivity contribution < 1.29 is 23.7 Å². The summed E-state index contributed by atoms with van der Waals surface area (Å²) in [7, 11) is -1.79. The lowest BCUT2D eigenvalue weighted by molar-refractivity contribution is -0.693. The lowest BCUT2D eigenvalue weighted by atomic mass is 10.2. The normalized spacial score (nSPS) is 13.1. The fourth-order valence-corrected chi connectivity index (χ4v) is 5.24. The second-order valence-corrected chi connectivity index (χ2v) is 9.05. The molecule has 0 spiro atoms. The molecule has 0 aliphatic heterocycles. The summed E-state index contributed by atoms with van der Waals surface area (Å²) in [5.74, 6) is 0.290. The molecule has 1 atom stereocenters. The summed E-state index contributed by atoms with van der Waals surface area (Å²) in [4.78, 5) is 0. The molecule has 0 aromatic heterocycles. The summed E-state index contributed by atoms with van der Waals surface area (Å²) >= 11 is 0. The van der Waals surface area contributed by atoms with Crippen LogP contribution in [0, 0.1) is 0 Å². The summed E-state index contributed by atoms with van der Waals surface area (Å²) in [6, 6.07) is 17.7. The van der Waals surface area contributed by atoms with Crippen LogP contribution in [-0.2, 0) is 20.2 Å². The van der Waals surface area contributed by atoms with Crippen LogP contribution >= 0.6 is 7.60 Å². The van der Waals surface area contributed by atoms with Crippen LogP contribution in [-0.4, -0.2) is 19.3 Å². The molecule has 0 saturated heterocycles. The van der Waals surface area contributed by atoms with Gasteiger partial charge < -0.3 is 19.1 Å². The van der Waals surface area contributed by atoms with E-state index < -0.39 is 13.4 Å². The Morgan fingerprint density at radius 2 is 1.44 bits per heavy atom. The Balaban J connectivity index is 2.36. The quantitative estimate of drug-likeness (QED) is 0.605. The van der Waals surface area contributed by atoms with Crippen molar-refractivity contribution in [3.8, 4) is 5.75 Å². The molecule has 148 valence electrons. The smallest absolute Gasteiger partial charge is 0.392 e. The van der Waals surface area contributed by atoms with Crippen LogP contribution in [0.3, 0.4) is 0 Å². The van der Waals surface area contributed by atoms with Gasteiger partial charge >= 0.3 is 7.60 Å². The molecule has 0 amide bonds. The zero-order chi connectivity index (χ0) is 19.9. The number of methoxy groups -OCH3 is 1. The number of rotatable bonds is 10. The zero-order valence-electron chi connectivity index (χ0n) is 16.8. The molecule has 0 radical (unpaired) electrons. The van der Waals surface area contributed by atoms with Crippen molar-refractivity contribution in [3.05, 3.63) is 65.7 Å². The van der Waals surface area contributed by atoms with Crippen molar-refractivity contribution in [3.63, 3.8) is 0 Å². The third kappa shape index (κ3) is 6.47. The number of ether oxygens (including phenoxy) is 1. The maximum atomic E-state index is 13.8. The zero-order valence-corrected chi connectivity index (χ0v) is 17.7. The van der Waals surface area contributed by atoms with E-state index in [4.69, 9.17) is 13.8 Å². The van der Waals surface area contributed by atoms with Crippen LogP contribution < -0.4 is 10.1 Å². The first-order valence-corrected chi connectivity index (χ1v) is 10.9. The molecule has 0 bridgehead atoms. The highest BCUT2D eigenvalue weighted by Crippen LogP contribution is 2.59. The second kappa shape index (κ2) is 10.0. The number of hydrogen-bond acceptors (Lipinski definition) is 4. The van der Waals surface area contributed by atoms with E-state index in [9.17, 15) is 4.57 Å². The summed E-state index contributed by atoms with van der Waals surface area (Å²) in [6.07, 6.45) is -0.416. The lowest BCUT2D eigenvalue weighted by Crippen LogP contribution is -2.83. The predicted octanol–water partition coefficient (Wildman–Crippen LogP) is 4.50. The largest absolute Gasteiger partial charge is 0.497 e. The summed E-state index contributed by atoms with van der Waals surface area (Å²) in [5.41, 5.74) is 2.04. The minimum absolute atomic E-state index is 0.208. The van der Waals surface area contributed by atoms with E-state index in [2.05, 4.69) is 12.1 Å². The Bertz CT molecular complexity index is 718. The molecule has 0 saturated carbocycles. The minimum atomic E-state index is -3.42. The number of hydrogen-bond donors (Lipinski definition) is 1. The van der Waals surface area contributed by atoms with E-state index in [0.29, 0.717) is 6.54 Å². The van der Waals surface area contributed by atoms with E-state index in [-0.39, 0.29) is 12.2 Å². The summed E-state index contributed by atoms with van der Waals surface area (Å²) in [6.45, 7) is 8.17. The molecule has 2 rings (SSSR count). The van der Waals surface area contributed by atoms with Gasteiger partial charge in [-0.2, -0.15) is 0 Å². The third-order valence-electron chi connectivity index (χ3n) is 3.93. The molecule has 2 aromatic rings. The van der Waals surface area contributed by atoms with Gasteiger partial charge in [-0.05, 0) is 52.0 Å². The first-order chi connectivity index (χ1) is 12.8. The summed E-state index contributed by atoms with van der Waals surface area (Å²) in [5, 5.41) is 2.03. The number of benzene rings is 2. The first-order valence-electron chi connectivity index (χ1n) is 9.31. The Kier molecular flexibility index (Phi) is 8.06. The van der Waals surface area contributed by atoms with Gasteiger partial charge in [0.1, 0.15) is 12.3 Å². The standard InChI is InChI=1S/C21H30NO4P/c1-16(2)25-27(23,26-17(3)4)21(19-11-13-20(24-5)14-12-19)22-15-18-9-7-6-8-10-18/h6-14,16-17,21-22H,15H2,1-5H3/p+1/t21-/m1/s1. The van der Waals surface area contributed by atoms with Gasteiger partial charge in [0.2, 0.25) is 5.78 Å². The van der Waals surface area contributed by atoms with Crippen LogP contribution in [0.25, 0.3) is 0 Å². The van der Waals surface area contributed by atoms with Gasteiger partial charge in [-0.1, -0.05) is 30.3 Å². The fraction of sp³-hybridized carbons (Fsp3) is 0.429. The maximum absolute atomic E-state index is 13.8. The van der Waals surface area contributed by atoms with Gasteiger partial charge in [0.15, 0.2) is 0 Å². The number of nitrogens with two attached hydrogens (primary N) is 1. The monoisotopic (exact) mass is 392 g/mol. The molecule has 0 aliphatic carbocycles. The topological polar surface area (TPSA) is 61.4 Å². The molecule has 0 unspecified atom stereocenters. The highest BCUT2D eigenvalue weighted by atomic mass is 31.2. The average molecular weight is 392 g/mol. The fourth-order valence-electron chi connectivity index (χ4n) is 2.85. The van der Waals surface area contributed by atoms with Crippen molar-refractivity contribution in [1.82, 2.24) is 0 Å². The summed E-state index contributed by atoms with van der Waals surface area (Å²) < 4.78 is 30.8. The molecule has 6 heteroatoms.